The number of aliphatic hydroxyl groups is 1. The highest BCUT2D eigenvalue weighted by Crippen LogP contribution is 2.25. The summed E-state index contributed by atoms with van der Waals surface area (Å²) in [6, 6.07) is 12.8. The Kier molecular flexibility index (Phi) is 7.70. The number of carbonyl (C=O) groups excluding carboxylic acids is 1. The molecule has 2 aromatic rings. The van der Waals surface area contributed by atoms with Crippen molar-refractivity contribution in [1.29, 1.82) is 0 Å². The maximum absolute atomic E-state index is 12.6. The highest BCUT2D eigenvalue weighted by Gasteiger charge is 2.14. The second kappa shape index (κ2) is 10.2. The molecular weight excluding hydrogens is 346 g/mol. The van der Waals surface area contributed by atoms with E-state index in [-0.39, 0.29) is 19.1 Å². The van der Waals surface area contributed by atoms with Gasteiger partial charge in [-0.2, -0.15) is 0 Å². The van der Waals surface area contributed by atoms with Crippen LogP contribution in [-0.2, 0) is 11.3 Å². The van der Waals surface area contributed by atoms with E-state index in [0.717, 1.165) is 16.9 Å². The normalized spacial score (nSPS) is 10.7. The summed E-state index contributed by atoms with van der Waals surface area (Å²) in [5.41, 5.74) is 1.72. The molecule has 1 N–H and O–H groups in total. The number of carbonyl (C=O) groups is 1. The molecule has 27 heavy (non-hydrogen) atoms. The predicted octanol–water partition coefficient (Wildman–Crippen LogP) is 2.75. The minimum Gasteiger partial charge on any atom is -0.497 e. The van der Waals surface area contributed by atoms with Gasteiger partial charge in [0.05, 0.1) is 27.9 Å². The number of benzene rings is 2. The van der Waals surface area contributed by atoms with Crippen LogP contribution < -0.4 is 14.2 Å². The van der Waals surface area contributed by atoms with E-state index in [0.29, 0.717) is 18.0 Å². The molecule has 0 radical (unpaired) electrons. The predicted molar refractivity (Wildman–Crippen MR) is 104 cm³/mol. The van der Waals surface area contributed by atoms with E-state index in [1.165, 1.54) is 6.08 Å². The number of rotatable bonds is 9. The lowest BCUT2D eigenvalue weighted by atomic mass is 10.1. The number of nitrogens with zero attached hydrogens (tertiary/aromatic N) is 1. The van der Waals surface area contributed by atoms with Gasteiger partial charge >= 0.3 is 0 Å². The lowest BCUT2D eigenvalue weighted by Crippen LogP contribution is -2.31. The average Bonchev–Trinajstić information content (AvgIpc) is 2.72. The van der Waals surface area contributed by atoms with Crippen LogP contribution in [-0.4, -0.2) is 50.4 Å². The van der Waals surface area contributed by atoms with Crippen molar-refractivity contribution in [3.05, 3.63) is 59.7 Å². The Labute approximate surface area is 159 Å². The van der Waals surface area contributed by atoms with Gasteiger partial charge in [0.15, 0.2) is 0 Å². The molecule has 0 aromatic heterocycles. The number of hydrogen-bond acceptors (Lipinski definition) is 5. The third kappa shape index (κ3) is 5.76. The van der Waals surface area contributed by atoms with Crippen molar-refractivity contribution in [2.24, 2.45) is 0 Å². The van der Waals surface area contributed by atoms with Crippen LogP contribution in [0.4, 0.5) is 0 Å². The monoisotopic (exact) mass is 371 g/mol. The molecule has 0 bridgehead atoms. The topological polar surface area (TPSA) is 68.2 Å². The van der Waals surface area contributed by atoms with Gasteiger partial charge in [-0.25, -0.2) is 0 Å². The van der Waals surface area contributed by atoms with Crippen molar-refractivity contribution in [3.8, 4) is 17.2 Å². The van der Waals surface area contributed by atoms with E-state index in [1.54, 1.807) is 38.4 Å². The minimum atomic E-state index is -0.197. The molecule has 0 fully saturated rings. The molecular formula is C21H25NO5. The number of aliphatic hydroxyl groups excluding tert-OH is 1. The Hall–Kier alpha value is -2.99. The molecule has 0 unspecified atom stereocenters. The van der Waals surface area contributed by atoms with Gasteiger partial charge in [0.1, 0.15) is 17.2 Å². The standard InChI is InChI=1S/C21H25NO5/c1-25-18-8-4-16(5-9-18)6-11-21(24)22(12-13-23)15-17-7-10-19(26-2)14-20(17)27-3/h4-11,14,23H,12-13,15H2,1-3H3/b11-6+. The summed E-state index contributed by atoms with van der Waals surface area (Å²) in [5.74, 6) is 1.86. The average molecular weight is 371 g/mol. The molecule has 2 rings (SSSR count). The lowest BCUT2D eigenvalue weighted by molar-refractivity contribution is -0.127. The van der Waals surface area contributed by atoms with Crippen LogP contribution in [0.25, 0.3) is 6.08 Å². The molecule has 0 spiro atoms. The van der Waals surface area contributed by atoms with Gasteiger partial charge in [0, 0.05) is 30.8 Å². The van der Waals surface area contributed by atoms with Gasteiger partial charge < -0.3 is 24.2 Å². The summed E-state index contributed by atoms with van der Waals surface area (Å²) >= 11 is 0. The van der Waals surface area contributed by atoms with Crippen molar-refractivity contribution in [1.82, 2.24) is 4.90 Å². The summed E-state index contributed by atoms with van der Waals surface area (Å²) in [4.78, 5) is 14.2. The Morgan fingerprint density at radius 2 is 1.67 bits per heavy atom. The quantitative estimate of drug-likeness (QED) is 0.687. The molecule has 6 heteroatoms. The van der Waals surface area contributed by atoms with Gasteiger partial charge in [-0.3, -0.25) is 4.79 Å². The van der Waals surface area contributed by atoms with Crippen LogP contribution >= 0.6 is 0 Å². The van der Waals surface area contributed by atoms with E-state index in [9.17, 15) is 9.90 Å². The van der Waals surface area contributed by atoms with Gasteiger partial charge in [0.25, 0.3) is 0 Å². The van der Waals surface area contributed by atoms with Gasteiger partial charge in [-0.15, -0.1) is 0 Å². The zero-order valence-electron chi connectivity index (χ0n) is 15.8. The SMILES string of the molecule is COc1ccc(/C=C/C(=O)N(CCO)Cc2ccc(OC)cc2OC)cc1. The molecule has 0 aliphatic carbocycles. The molecule has 1 amide bonds. The van der Waals surface area contributed by atoms with Crippen LogP contribution in [0.1, 0.15) is 11.1 Å². The van der Waals surface area contributed by atoms with Crippen LogP contribution in [0.3, 0.4) is 0 Å². The molecule has 0 atom stereocenters. The zero-order chi connectivity index (χ0) is 19.6. The van der Waals surface area contributed by atoms with Crippen LogP contribution in [0.2, 0.25) is 0 Å². The van der Waals surface area contributed by atoms with E-state index in [1.807, 2.05) is 36.4 Å². The van der Waals surface area contributed by atoms with E-state index < -0.39 is 0 Å². The van der Waals surface area contributed by atoms with Crippen molar-refractivity contribution >= 4 is 12.0 Å². The first-order valence-electron chi connectivity index (χ1n) is 8.54. The van der Waals surface area contributed by atoms with Gasteiger partial charge in [-0.1, -0.05) is 12.1 Å². The molecule has 0 aliphatic rings. The molecule has 0 saturated carbocycles. The summed E-state index contributed by atoms with van der Waals surface area (Å²) in [6.45, 7) is 0.418. The van der Waals surface area contributed by atoms with Gasteiger partial charge in [0.2, 0.25) is 5.91 Å². The number of methoxy groups -OCH3 is 3. The zero-order valence-corrected chi connectivity index (χ0v) is 15.8. The van der Waals surface area contributed by atoms with E-state index in [2.05, 4.69) is 0 Å². The summed E-state index contributed by atoms with van der Waals surface area (Å²) < 4.78 is 15.7. The Morgan fingerprint density at radius 3 is 2.26 bits per heavy atom. The Balaban J connectivity index is 2.13. The fourth-order valence-electron chi connectivity index (χ4n) is 2.56. The highest BCUT2D eigenvalue weighted by atomic mass is 16.5. The molecule has 0 saturated heterocycles. The molecule has 0 heterocycles. The summed E-state index contributed by atoms with van der Waals surface area (Å²) in [5, 5.41) is 9.33. The molecule has 2 aromatic carbocycles. The maximum atomic E-state index is 12.6. The summed E-state index contributed by atoms with van der Waals surface area (Å²) in [6.07, 6.45) is 3.23. The lowest BCUT2D eigenvalue weighted by Gasteiger charge is -2.22. The number of ether oxygens (including phenoxy) is 3. The molecule has 144 valence electrons. The van der Waals surface area contributed by atoms with E-state index >= 15 is 0 Å². The number of amides is 1. The third-order valence-electron chi connectivity index (χ3n) is 4.07. The van der Waals surface area contributed by atoms with Crippen LogP contribution in [0, 0.1) is 0 Å². The van der Waals surface area contributed by atoms with Crippen molar-refractivity contribution in [3.63, 3.8) is 0 Å². The third-order valence-corrected chi connectivity index (χ3v) is 4.07. The number of hydrogen-bond donors (Lipinski definition) is 1. The highest BCUT2D eigenvalue weighted by molar-refractivity contribution is 5.91. The fraction of sp³-hybridized carbons (Fsp3) is 0.286. The van der Waals surface area contributed by atoms with Crippen molar-refractivity contribution in [2.45, 2.75) is 6.54 Å². The fourth-order valence-corrected chi connectivity index (χ4v) is 2.56. The van der Waals surface area contributed by atoms with E-state index in [4.69, 9.17) is 14.2 Å². The Morgan fingerprint density at radius 1 is 1.00 bits per heavy atom. The molecule has 6 nitrogen and oxygen atoms in total. The largest absolute Gasteiger partial charge is 0.497 e. The van der Waals surface area contributed by atoms with Crippen molar-refractivity contribution in [2.75, 3.05) is 34.5 Å². The Bertz CT molecular complexity index is 771. The smallest absolute Gasteiger partial charge is 0.246 e. The first-order valence-corrected chi connectivity index (χ1v) is 8.54. The second-order valence-corrected chi connectivity index (χ2v) is 5.77. The maximum Gasteiger partial charge on any atom is 0.246 e. The first kappa shape index (κ1) is 20.3. The second-order valence-electron chi connectivity index (χ2n) is 5.77. The first-order chi connectivity index (χ1) is 13.1. The van der Waals surface area contributed by atoms with Crippen LogP contribution in [0.5, 0.6) is 17.2 Å². The van der Waals surface area contributed by atoms with Crippen molar-refractivity contribution < 1.29 is 24.1 Å². The summed E-state index contributed by atoms with van der Waals surface area (Å²) in [7, 11) is 4.76. The van der Waals surface area contributed by atoms with Crippen LogP contribution in [0.15, 0.2) is 48.5 Å². The molecule has 0 aliphatic heterocycles. The minimum absolute atomic E-state index is 0.124. The van der Waals surface area contributed by atoms with Gasteiger partial charge in [-0.05, 0) is 35.9 Å².